The van der Waals surface area contributed by atoms with Crippen molar-refractivity contribution in [2.75, 3.05) is 7.11 Å². The van der Waals surface area contributed by atoms with Crippen LogP contribution in [0.2, 0.25) is 0 Å². The largest absolute Gasteiger partial charge is 0.494 e. The first-order valence-electron chi connectivity index (χ1n) is 7.48. The molecule has 2 aromatic rings. The zero-order valence-electron chi connectivity index (χ0n) is 13.6. The lowest BCUT2D eigenvalue weighted by molar-refractivity contribution is 0.411. The van der Waals surface area contributed by atoms with Gasteiger partial charge in [-0.1, -0.05) is 39.8 Å². The molecule has 1 aromatic carbocycles. The SMILES string of the molecule is COc1ccccc1-n1ncc(CNC(C)C)c1C(C)C. The molecule has 4 nitrogen and oxygen atoms in total. The van der Waals surface area contributed by atoms with Crippen molar-refractivity contribution in [1.82, 2.24) is 15.1 Å². The van der Waals surface area contributed by atoms with E-state index >= 15 is 0 Å². The fourth-order valence-corrected chi connectivity index (χ4v) is 2.45. The summed E-state index contributed by atoms with van der Waals surface area (Å²) in [6.45, 7) is 9.53. The molecule has 0 radical (unpaired) electrons. The predicted octanol–water partition coefficient (Wildman–Crippen LogP) is 3.50. The molecule has 1 heterocycles. The molecule has 0 bridgehead atoms. The van der Waals surface area contributed by atoms with Gasteiger partial charge in [-0.2, -0.15) is 5.10 Å². The van der Waals surface area contributed by atoms with Crippen LogP contribution in [0, 0.1) is 0 Å². The molecule has 114 valence electrons. The molecule has 0 saturated carbocycles. The van der Waals surface area contributed by atoms with Crippen molar-refractivity contribution in [3.8, 4) is 11.4 Å². The summed E-state index contributed by atoms with van der Waals surface area (Å²) >= 11 is 0. The molecule has 0 aliphatic rings. The van der Waals surface area contributed by atoms with Crippen LogP contribution >= 0.6 is 0 Å². The number of nitrogens with one attached hydrogen (secondary N) is 1. The van der Waals surface area contributed by atoms with Crippen molar-refractivity contribution in [2.45, 2.75) is 46.2 Å². The van der Waals surface area contributed by atoms with Gasteiger partial charge in [-0.15, -0.1) is 0 Å². The normalized spacial score (nSPS) is 11.4. The van der Waals surface area contributed by atoms with Crippen molar-refractivity contribution in [2.24, 2.45) is 0 Å². The van der Waals surface area contributed by atoms with Crippen molar-refractivity contribution >= 4 is 0 Å². The number of nitrogens with zero attached hydrogens (tertiary/aromatic N) is 2. The minimum Gasteiger partial charge on any atom is -0.494 e. The van der Waals surface area contributed by atoms with Crippen LogP contribution < -0.4 is 10.1 Å². The summed E-state index contributed by atoms with van der Waals surface area (Å²) in [5.41, 5.74) is 3.46. The Balaban J connectivity index is 2.44. The Morgan fingerprint density at radius 1 is 1.19 bits per heavy atom. The number of hydrogen-bond acceptors (Lipinski definition) is 3. The lowest BCUT2D eigenvalue weighted by atomic mass is 10.1. The quantitative estimate of drug-likeness (QED) is 0.883. The van der Waals surface area contributed by atoms with Crippen molar-refractivity contribution in [3.05, 3.63) is 41.7 Å². The number of methoxy groups -OCH3 is 1. The van der Waals surface area contributed by atoms with Crippen LogP contribution in [-0.2, 0) is 6.54 Å². The number of aromatic nitrogens is 2. The lowest BCUT2D eigenvalue weighted by Crippen LogP contribution is -2.22. The monoisotopic (exact) mass is 287 g/mol. The number of hydrogen-bond donors (Lipinski definition) is 1. The second-order valence-electron chi connectivity index (χ2n) is 5.83. The first kappa shape index (κ1) is 15.6. The maximum atomic E-state index is 5.47. The summed E-state index contributed by atoms with van der Waals surface area (Å²) in [7, 11) is 1.69. The lowest BCUT2D eigenvalue weighted by Gasteiger charge is -2.16. The van der Waals surface area contributed by atoms with E-state index in [9.17, 15) is 0 Å². The smallest absolute Gasteiger partial charge is 0.144 e. The molecule has 0 spiro atoms. The Labute approximate surface area is 127 Å². The van der Waals surface area contributed by atoms with Crippen LogP contribution in [0.5, 0.6) is 5.75 Å². The predicted molar refractivity (Wildman–Crippen MR) is 86.2 cm³/mol. The topological polar surface area (TPSA) is 39.1 Å². The number of ether oxygens (including phenoxy) is 1. The van der Waals surface area contributed by atoms with E-state index in [1.807, 2.05) is 35.1 Å². The van der Waals surface area contributed by atoms with E-state index in [0.717, 1.165) is 18.0 Å². The van der Waals surface area contributed by atoms with Gasteiger partial charge in [0.2, 0.25) is 0 Å². The van der Waals surface area contributed by atoms with Gasteiger partial charge in [0.05, 0.1) is 19.0 Å². The highest BCUT2D eigenvalue weighted by Gasteiger charge is 2.17. The molecule has 1 aromatic heterocycles. The summed E-state index contributed by atoms with van der Waals surface area (Å²) in [5, 5.41) is 8.06. The highest BCUT2D eigenvalue weighted by Crippen LogP contribution is 2.28. The van der Waals surface area contributed by atoms with E-state index in [0.29, 0.717) is 12.0 Å². The Bertz CT molecular complexity index is 587. The average molecular weight is 287 g/mol. The maximum absolute atomic E-state index is 5.47. The Morgan fingerprint density at radius 2 is 1.90 bits per heavy atom. The van der Waals surface area contributed by atoms with Gasteiger partial charge in [0.1, 0.15) is 11.4 Å². The highest BCUT2D eigenvalue weighted by molar-refractivity contribution is 5.48. The average Bonchev–Trinajstić information content (AvgIpc) is 2.88. The van der Waals surface area contributed by atoms with E-state index < -0.39 is 0 Å². The van der Waals surface area contributed by atoms with E-state index in [1.54, 1.807) is 7.11 Å². The fourth-order valence-electron chi connectivity index (χ4n) is 2.45. The molecule has 21 heavy (non-hydrogen) atoms. The second-order valence-corrected chi connectivity index (χ2v) is 5.83. The van der Waals surface area contributed by atoms with Gasteiger partial charge in [0.25, 0.3) is 0 Å². The summed E-state index contributed by atoms with van der Waals surface area (Å²) in [4.78, 5) is 0. The summed E-state index contributed by atoms with van der Waals surface area (Å²) in [6.07, 6.45) is 1.96. The van der Waals surface area contributed by atoms with Crippen molar-refractivity contribution in [3.63, 3.8) is 0 Å². The van der Waals surface area contributed by atoms with Gasteiger partial charge < -0.3 is 10.1 Å². The van der Waals surface area contributed by atoms with Crippen LogP contribution in [0.1, 0.15) is 44.9 Å². The molecular formula is C17H25N3O. The van der Waals surface area contributed by atoms with Gasteiger partial charge in [-0.25, -0.2) is 4.68 Å². The second kappa shape index (κ2) is 6.76. The van der Waals surface area contributed by atoms with Gasteiger partial charge in [0.15, 0.2) is 0 Å². The third kappa shape index (κ3) is 3.45. The molecule has 0 aliphatic heterocycles. The Kier molecular flexibility index (Phi) is 5.02. The molecule has 0 unspecified atom stereocenters. The van der Waals surface area contributed by atoms with E-state index in [1.165, 1.54) is 11.3 Å². The molecule has 0 saturated heterocycles. The molecule has 2 rings (SSSR count). The highest BCUT2D eigenvalue weighted by atomic mass is 16.5. The Hall–Kier alpha value is -1.81. The fraction of sp³-hybridized carbons (Fsp3) is 0.471. The number of rotatable bonds is 6. The third-order valence-corrected chi connectivity index (χ3v) is 3.45. The van der Waals surface area contributed by atoms with Crippen LogP contribution in [0.15, 0.2) is 30.5 Å². The van der Waals surface area contributed by atoms with Gasteiger partial charge >= 0.3 is 0 Å². The molecule has 0 atom stereocenters. The van der Waals surface area contributed by atoms with E-state index in [2.05, 4.69) is 38.1 Å². The molecule has 4 heteroatoms. The number of benzene rings is 1. The minimum atomic E-state index is 0.390. The van der Waals surface area contributed by atoms with Crippen LogP contribution in [0.3, 0.4) is 0 Å². The maximum Gasteiger partial charge on any atom is 0.144 e. The Morgan fingerprint density at radius 3 is 2.52 bits per heavy atom. The molecule has 0 amide bonds. The number of para-hydroxylation sites is 2. The first-order valence-corrected chi connectivity index (χ1v) is 7.48. The van der Waals surface area contributed by atoms with Crippen LogP contribution in [0.4, 0.5) is 0 Å². The van der Waals surface area contributed by atoms with Crippen molar-refractivity contribution < 1.29 is 4.74 Å². The summed E-state index contributed by atoms with van der Waals surface area (Å²) in [5.74, 6) is 1.23. The molecule has 0 aliphatic carbocycles. The van der Waals surface area contributed by atoms with Gasteiger partial charge in [-0.3, -0.25) is 0 Å². The third-order valence-electron chi connectivity index (χ3n) is 3.45. The summed E-state index contributed by atoms with van der Waals surface area (Å²) < 4.78 is 7.47. The molecular weight excluding hydrogens is 262 g/mol. The van der Waals surface area contributed by atoms with Crippen LogP contribution in [0.25, 0.3) is 5.69 Å². The summed E-state index contributed by atoms with van der Waals surface area (Å²) in [6, 6.07) is 8.45. The van der Waals surface area contributed by atoms with E-state index in [-0.39, 0.29) is 0 Å². The zero-order valence-corrected chi connectivity index (χ0v) is 13.6. The van der Waals surface area contributed by atoms with Gasteiger partial charge in [0, 0.05) is 18.2 Å². The first-order chi connectivity index (χ1) is 10.0. The standard InChI is InChI=1S/C17H25N3O/c1-12(2)17-14(10-18-13(3)4)11-19-20(17)15-8-6-7-9-16(15)21-5/h6-9,11-13,18H,10H2,1-5H3. The van der Waals surface area contributed by atoms with E-state index in [4.69, 9.17) is 4.74 Å². The van der Waals surface area contributed by atoms with Gasteiger partial charge in [-0.05, 0) is 18.1 Å². The minimum absolute atomic E-state index is 0.390. The molecule has 1 N–H and O–H groups in total. The molecule has 0 fully saturated rings. The van der Waals surface area contributed by atoms with Crippen LogP contribution in [-0.4, -0.2) is 22.9 Å². The zero-order chi connectivity index (χ0) is 15.4. The van der Waals surface area contributed by atoms with Crippen molar-refractivity contribution in [1.29, 1.82) is 0 Å².